The van der Waals surface area contributed by atoms with Gasteiger partial charge in [-0.2, -0.15) is 17.6 Å². The second-order valence-electron chi connectivity index (χ2n) is 9.71. The summed E-state index contributed by atoms with van der Waals surface area (Å²) in [7, 11) is 0.635. The number of fused-ring (bicyclic) bond motifs is 1. The number of aryl methyl sites for hydroxylation is 1. The third-order valence-corrected chi connectivity index (χ3v) is 5.83. The maximum absolute atomic E-state index is 14.0. The highest BCUT2D eigenvalue weighted by molar-refractivity contribution is 5.84. The highest BCUT2D eigenvalue weighted by atomic mass is 19.4. The lowest BCUT2D eigenvalue weighted by Crippen LogP contribution is -2.46. The van der Waals surface area contributed by atoms with Crippen LogP contribution in [0.15, 0.2) is 51.7 Å². The monoisotopic (exact) mass is 698 g/mol. The van der Waals surface area contributed by atoms with E-state index in [-0.39, 0.29) is 22.1 Å². The van der Waals surface area contributed by atoms with Gasteiger partial charge < -0.3 is 18.6 Å². The van der Waals surface area contributed by atoms with Crippen molar-refractivity contribution in [2.75, 3.05) is 20.3 Å². The van der Waals surface area contributed by atoms with Gasteiger partial charge in [-0.3, -0.25) is 0 Å². The van der Waals surface area contributed by atoms with Crippen molar-refractivity contribution in [2.24, 2.45) is 0 Å². The number of methoxy groups -OCH3 is 1. The Hall–Kier alpha value is -3.68. The first-order valence-corrected chi connectivity index (χ1v) is 13.3. The first-order valence-electron chi connectivity index (χ1n) is 13.3. The number of alkyl halides is 11. The van der Waals surface area contributed by atoms with E-state index in [0.29, 0.717) is 25.5 Å². The lowest BCUT2D eigenvalue weighted by molar-refractivity contribution is -0.574. The van der Waals surface area contributed by atoms with Crippen molar-refractivity contribution in [1.82, 2.24) is 0 Å². The van der Waals surface area contributed by atoms with E-state index in [0.717, 1.165) is 43.2 Å². The van der Waals surface area contributed by atoms with E-state index in [1.165, 1.54) is 12.1 Å². The molecular weight excluding hydrogens is 673 g/mol. The van der Waals surface area contributed by atoms with Gasteiger partial charge in [0.05, 0.1) is 5.56 Å². The zero-order chi connectivity index (χ0) is 35.3. The summed E-state index contributed by atoms with van der Waals surface area (Å²) in [6.45, 7) is -1.97. The fourth-order valence-electron chi connectivity index (χ4n) is 4.02. The van der Waals surface area contributed by atoms with Crippen molar-refractivity contribution < 1.29 is 81.1 Å². The molecule has 0 radical (unpaired) electrons. The molecule has 3 rings (SSSR count). The molecule has 0 fully saturated rings. The molecule has 0 aliphatic heterocycles. The number of ether oxygens (including phenoxy) is 6. The second-order valence-corrected chi connectivity index (χ2v) is 9.71. The Balaban J connectivity index is 1.77. The Bertz CT molecular complexity index is 1560. The quantitative estimate of drug-likeness (QED) is 0.0601. The van der Waals surface area contributed by atoms with E-state index in [4.69, 9.17) is 4.42 Å². The molecular formula is C28H25F11O8. The molecule has 0 bridgehead atoms. The first-order chi connectivity index (χ1) is 21.6. The van der Waals surface area contributed by atoms with Crippen LogP contribution in [0.5, 0.6) is 11.5 Å². The van der Waals surface area contributed by atoms with Gasteiger partial charge in [0.2, 0.25) is 0 Å². The largest absolute Gasteiger partial charge is 0.573 e. The molecule has 47 heavy (non-hydrogen) atoms. The predicted molar refractivity (Wildman–Crippen MR) is 138 cm³/mol. The van der Waals surface area contributed by atoms with Crippen LogP contribution in [0.25, 0.3) is 22.1 Å². The van der Waals surface area contributed by atoms with Crippen LogP contribution in [0.4, 0.5) is 48.3 Å². The fourth-order valence-corrected chi connectivity index (χ4v) is 4.02. The van der Waals surface area contributed by atoms with E-state index < -0.39 is 61.5 Å². The van der Waals surface area contributed by atoms with Crippen LogP contribution in [0.2, 0.25) is 0 Å². The molecule has 0 aliphatic carbocycles. The first kappa shape index (κ1) is 37.8. The topological polar surface area (TPSA) is 85.6 Å². The molecule has 0 spiro atoms. The molecule has 0 atom stereocenters. The summed E-state index contributed by atoms with van der Waals surface area (Å²) in [5.74, 6) is -1.24. The van der Waals surface area contributed by atoms with E-state index in [1.54, 1.807) is 0 Å². The number of unbranched alkanes of at least 4 members (excludes halogenated alkanes) is 2. The van der Waals surface area contributed by atoms with Crippen LogP contribution in [0.3, 0.4) is 0 Å². The summed E-state index contributed by atoms with van der Waals surface area (Å²) in [5.41, 5.74) is -1.63. The standard InChI is InChI=1S/C28H25F11O8/c1-3-4-5-6-16-7-10-19(22(11-16)44-26(33,34)35)20-12-17-8-9-18(13-21(17)43-23(20)40)42-15-25(31,32)46-28(38,39)47-27(36,37)45-24(29,30)14-41-2/h7-13H,3-6,14-15H2,1-2H3. The second kappa shape index (κ2) is 14.6. The van der Waals surface area contributed by atoms with Crippen molar-refractivity contribution in [3.63, 3.8) is 0 Å². The Kier molecular flexibility index (Phi) is 11.7. The number of hydrogen-bond donors (Lipinski definition) is 0. The SMILES string of the molecule is CCCCCc1ccc(-c2cc3ccc(OCC(F)(F)OC(F)(F)OC(F)(F)OC(F)(F)COC)cc3oc2=O)c(OC(F)(F)F)c1. The fraction of sp³-hybridized carbons (Fsp3) is 0.464. The maximum atomic E-state index is 14.0. The van der Waals surface area contributed by atoms with Crippen LogP contribution >= 0.6 is 0 Å². The van der Waals surface area contributed by atoms with Gasteiger partial charge >= 0.3 is 36.8 Å². The molecule has 1 aromatic heterocycles. The van der Waals surface area contributed by atoms with E-state index in [1.807, 2.05) is 6.92 Å². The average molecular weight is 698 g/mol. The van der Waals surface area contributed by atoms with Crippen LogP contribution in [-0.4, -0.2) is 51.5 Å². The number of hydrogen-bond acceptors (Lipinski definition) is 8. The van der Waals surface area contributed by atoms with Crippen molar-refractivity contribution in [1.29, 1.82) is 0 Å². The zero-order valence-electron chi connectivity index (χ0n) is 24.2. The van der Waals surface area contributed by atoms with Crippen LogP contribution in [-0.2, 0) is 25.4 Å². The molecule has 19 heteroatoms. The predicted octanol–water partition coefficient (Wildman–Crippen LogP) is 8.45. The van der Waals surface area contributed by atoms with Gasteiger partial charge in [-0.1, -0.05) is 31.9 Å². The number of benzene rings is 2. The van der Waals surface area contributed by atoms with Crippen molar-refractivity contribution >= 4 is 11.0 Å². The van der Waals surface area contributed by atoms with Gasteiger partial charge in [0.1, 0.15) is 23.7 Å². The molecule has 0 N–H and O–H groups in total. The zero-order valence-corrected chi connectivity index (χ0v) is 24.2. The lowest BCUT2D eigenvalue weighted by atomic mass is 10.00. The Morgan fingerprint density at radius 3 is 1.96 bits per heavy atom. The minimum absolute atomic E-state index is 0.0485. The van der Waals surface area contributed by atoms with Gasteiger partial charge in [-0.25, -0.2) is 19.0 Å². The average Bonchev–Trinajstić information content (AvgIpc) is 2.89. The molecule has 0 saturated heterocycles. The molecule has 262 valence electrons. The van der Waals surface area contributed by atoms with E-state index in [9.17, 15) is 53.1 Å². The minimum atomic E-state index is -5.89. The summed E-state index contributed by atoms with van der Waals surface area (Å²) in [6, 6.07) is 7.91. The summed E-state index contributed by atoms with van der Waals surface area (Å²) < 4.78 is 173. The Morgan fingerprint density at radius 2 is 1.36 bits per heavy atom. The van der Waals surface area contributed by atoms with Crippen molar-refractivity contribution in [3.05, 3.63) is 58.4 Å². The summed E-state index contributed by atoms with van der Waals surface area (Å²) in [5, 5.41) is 0.0485. The Labute approximate surface area is 257 Å². The van der Waals surface area contributed by atoms with Gasteiger partial charge in [0.25, 0.3) is 0 Å². The Morgan fingerprint density at radius 1 is 0.723 bits per heavy atom. The van der Waals surface area contributed by atoms with Crippen molar-refractivity contribution in [3.8, 4) is 22.6 Å². The molecule has 8 nitrogen and oxygen atoms in total. The van der Waals surface area contributed by atoms with Gasteiger partial charge in [0.15, 0.2) is 6.61 Å². The molecule has 0 aliphatic rings. The molecule has 1 heterocycles. The highest BCUT2D eigenvalue weighted by Crippen LogP contribution is 2.38. The van der Waals surface area contributed by atoms with Gasteiger partial charge in [0, 0.05) is 24.1 Å². The van der Waals surface area contributed by atoms with Crippen LogP contribution in [0.1, 0.15) is 31.7 Å². The third-order valence-electron chi connectivity index (χ3n) is 5.83. The molecule has 0 saturated carbocycles. The number of halogens is 11. The molecule has 3 aromatic rings. The summed E-state index contributed by atoms with van der Waals surface area (Å²) >= 11 is 0. The van der Waals surface area contributed by atoms with Crippen LogP contribution < -0.4 is 15.1 Å². The van der Waals surface area contributed by atoms with E-state index >= 15 is 0 Å². The molecule has 0 unspecified atom stereocenters. The van der Waals surface area contributed by atoms with Crippen molar-refractivity contribution in [2.45, 2.75) is 63.8 Å². The normalized spacial score (nSPS) is 13.3. The van der Waals surface area contributed by atoms with Gasteiger partial charge in [-0.05, 0) is 42.7 Å². The highest BCUT2D eigenvalue weighted by Gasteiger charge is 2.56. The summed E-state index contributed by atoms with van der Waals surface area (Å²) in [6.07, 6.45) is -23.9. The third kappa shape index (κ3) is 11.8. The maximum Gasteiger partial charge on any atom is 0.573 e. The smallest absolute Gasteiger partial charge is 0.484 e. The minimum Gasteiger partial charge on any atom is -0.484 e. The summed E-state index contributed by atoms with van der Waals surface area (Å²) in [4.78, 5) is 12.8. The molecule has 0 amide bonds. The molecule has 2 aromatic carbocycles. The number of rotatable bonds is 17. The van der Waals surface area contributed by atoms with Crippen LogP contribution in [0, 0.1) is 0 Å². The van der Waals surface area contributed by atoms with Gasteiger partial charge in [-0.15, -0.1) is 30.7 Å². The lowest BCUT2D eigenvalue weighted by Gasteiger charge is -2.27. The van der Waals surface area contributed by atoms with E-state index in [2.05, 4.69) is 28.4 Å².